The number of benzene rings is 3. The first-order valence-corrected chi connectivity index (χ1v) is 11.1. The molecule has 0 amide bonds. The zero-order chi connectivity index (χ0) is 20.5. The molecule has 29 heavy (non-hydrogen) atoms. The topological polar surface area (TPSA) is 52.6 Å². The molecule has 1 aliphatic heterocycles. The zero-order valence-electron chi connectivity index (χ0n) is 16.4. The Morgan fingerprint density at radius 3 is 1.45 bits per heavy atom. The van der Waals surface area contributed by atoms with Crippen LogP contribution in [-0.2, 0) is 19.3 Å². The molecule has 0 N–H and O–H groups in total. The predicted molar refractivity (Wildman–Crippen MR) is 112 cm³/mol. The molecule has 0 saturated carbocycles. The first-order valence-electron chi connectivity index (χ1n) is 9.62. The van der Waals surface area contributed by atoms with E-state index in [2.05, 4.69) is 0 Å². The second-order valence-corrected chi connectivity index (χ2v) is 10.2. The maximum absolute atomic E-state index is 13.4. The van der Waals surface area contributed by atoms with E-state index < -0.39 is 33.1 Å². The van der Waals surface area contributed by atoms with E-state index in [0.717, 1.165) is 11.1 Å². The molecule has 1 saturated heterocycles. The van der Waals surface area contributed by atoms with Gasteiger partial charge in [0.1, 0.15) is 17.0 Å². The second-order valence-electron chi connectivity index (χ2n) is 7.69. The molecule has 0 unspecified atom stereocenters. The summed E-state index contributed by atoms with van der Waals surface area (Å²) in [7, 11) is -3.68. The quantitative estimate of drug-likeness (QED) is 0.590. The third-order valence-electron chi connectivity index (χ3n) is 5.39. The van der Waals surface area contributed by atoms with Crippen LogP contribution in [0.1, 0.15) is 37.2 Å². The molecule has 0 aromatic heterocycles. The molecule has 5 heteroatoms. The molecular weight excluding hydrogens is 384 g/mol. The Hall–Kier alpha value is -2.47. The standard InChI is InChI=1S/C24H24O4S/c1-24(2,29(25,26)20-16-10-5-11-17-20)23-27-21(18-12-6-3-7-13-18)22(28-23)19-14-8-4-9-15-19/h3-17,21-23H,1-2H3/t21-,22-/m1/s1. The van der Waals surface area contributed by atoms with E-state index in [4.69, 9.17) is 9.47 Å². The molecule has 0 aliphatic carbocycles. The van der Waals surface area contributed by atoms with Crippen molar-refractivity contribution >= 4 is 9.84 Å². The molecular formula is C24H24O4S. The fourth-order valence-corrected chi connectivity index (χ4v) is 5.08. The summed E-state index contributed by atoms with van der Waals surface area (Å²) < 4.78 is 38.0. The fraction of sp³-hybridized carbons (Fsp3) is 0.250. The Morgan fingerprint density at radius 2 is 1.03 bits per heavy atom. The number of hydrogen-bond donors (Lipinski definition) is 0. The van der Waals surface area contributed by atoms with Gasteiger partial charge in [-0.3, -0.25) is 0 Å². The lowest BCUT2D eigenvalue weighted by molar-refractivity contribution is -0.0869. The van der Waals surface area contributed by atoms with Crippen molar-refractivity contribution in [2.75, 3.05) is 0 Å². The Labute approximate surface area is 172 Å². The SMILES string of the molecule is CC(C)(C1O[C@H](c2ccccc2)[C@@H](c2ccccc2)O1)S(=O)(=O)c1ccccc1. The van der Waals surface area contributed by atoms with Gasteiger partial charge in [-0.2, -0.15) is 0 Å². The second kappa shape index (κ2) is 7.75. The van der Waals surface area contributed by atoms with E-state index in [-0.39, 0.29) is 4.90 Å². The van der Waals surface area contributed by atoms with Gasteiger partial charge in [-0.05, 0) is 37.1 Å². The van der Waals surface area contributed by atoms with Crippen LogP contribution in [0.2, 0.25) is 0 Å². The summed E-state index contributed by atoms with van der Waals surface area (Å²) in [6.45, 7) is 3.32. The van der Waals surface area contributed by atoms with Crippen molar-refractivity contribution in [3.63, 3.8) is 0 Å². The summed E-state index contributed by atoms with van der Waals surface area (Å²) in [5, 5.41) is 0. The van der Waals surface area contributed by atoms with E-state index >= 15 is 0 Å². The average Bonchev–Trinajstić information content (AvgIpc) is 3.22. The number of ether oxygens (including phenoxy) is 2. The van der Waals surface area contributed by atoms with Gasteiger partial charge < -0.3 is 9.47 Å². The van der Waals surface area contributed by atoms with Gasteiger partial charge in [-0.1, -0.05) is 78.9 Å². The van der Waals surface area contributed by atoms with Crippen LogP contribution in [0.4, 0.5) is 0 Å². The summed E-state index contributed by atoms with van der Waals surface area (Å²) in [5.41, 5.74) is 1.91. The number of sulfone groups is 1. The number of rotatable bonds is 5. The minimum Gasteiger partial charge on any atom is -0.340 e. The highest BCUT2D eigenvalue weighted by Gasteiger charge is 2.51. The van der Waals surface area contributed by atoms with E-state index in [1.165, 1.54) is 0 Å². The molecule has 0 radical (unpaired) electrons. The molecule has 3 aromatic rings. The predicted octanol–water partition coefficient (Wildman–Crippen LogP) is 5.09. The third-order valence-corrected chi connectivity index (χ3v) is 7.86. The highest BCUT2D eigenvalue weighted by atomic mass is 32.2. The van der Waals surface area contributed by atoms with Gasteiger partial charge in [0.2, 0.25) is 0 Å². The molecule has 1 heterocycles. The van der Waals surface area contributed by atoms with Crippen molar-refractivity contribution in [3.8, 4) is 0 Å². The van der Waals surface area contributed by atoms with Gasteiger partial charge >= 0.3 is 0 Å². The van der Waals surface area contributed by atoms with E-state index in [9.17, 15) is 8.42 Å². The van der Waals surface area contributed by atoms with Crippen LogP contribution in [-0.4, -0.2) is 19.5 Å². The van der Waals surface area contributed by atoms with Gasteiger partial charge in [0.15, 0.2) is 16.1 Å². The highest BCUT2D eigenvalue weighted by molar-refractivity contribution is 7.92. The smallest absolute Gasteiger partial charge is 0.188 e. The molecule has 4 nitrogen and oxygen atoms in total. The maximum Gasteiger partial charge on any atom is 0.188 e. The van der Waals surface area contributed by atoms with Crippen LogP contribution in [0.25, 0.3) is 0 Å². The first kappa shape index (κ1) is 19.8. The molecule has 0 bridgehead atoms. The average molecular weight is 409 g/mol. The normalized spacial score (nSPS) is 20.6. The fourth-order valence-electron chi connectivity index (χ4n) is 3.59. The van der Waals surface area contributed by atoms with Crippen molar-refractivity contribution in [1.82, 2.24) is 0 Å². The summed E-state index contributed by atoms with van der Waals surface area (Å²) in [6.07, 6.45) is -1.70. The summed E-state index contributed by atoms with van der Waals surface area (Å²) in [4.78, 5) is 0.261. The Balaban J connectivity index is 1.72. The maximum atomic E-state index is 13.4. The molecule has 150 valence electrons. The lowest BCUT2D eigenvalue weighted by Crippen LogP contribution is -2.44. The van der Waals surface area contributed by atoms with Gasteiger partial charge in [-0.15, -0.1) is 0 Å². The lowest BCUT2D eigenvalue weighted by Gasteiger charge is -2.30. The molecule has 0 spiro atoms. The minimum absolute atomic E-state index is 0.261. The van der Waals surface area contributed by atoms with Gasteiger partial charge in [0.25, 0.3) is 0 Å². The molecule has 3 aromatic carbocycles. The van der Waals surface area contributed by atoms with Gasteiger partial charge in [0, 0.05) is 0 Å². The molecule has 2 atom stereocenters. The van der Waals surface area contributed by atoms with Crippen molar-refractivity contribution in [1.29, 1.82) is 0 Å². The Kier molecular flexibility index (Phi) is 5.30. The molecule has 1 aliphatic rings. The van der Waals surface area contributed by atoms with Crippen molar-refractivity contribution in [2.24, 2.45) is 0 Å². The van der Waals surface area contributed by atoms with Crippen molar-refractivity contribution < 1.29 is 17.9 Å². The lowest BCUT2D eigenvalue weighted by atomic mass is 9.99. The zero-order valence-corrected chi connectivity index (χ0v) is 17.3. The summed E-state index contributed by atoms with van der Waals surface area (Å²) >= 11 is 0. The minimum atomic E-state index is -3.68. The van der Waals surface area contributed by atoms with Crippen LogP contribution in [0, 0.1) is 0 Å². The van der Waals surface area contributed by atoms with Gasteiger partial charge in [0.05, 0.1) is 4.90 Å². The third kappa shape index (κ3) is 3.62. The van der Waals surface area contributed by atoms with Crippen LogP contribution in [0.5, 0.6) is 0 Å². The van der Waals surface area contributed by atoms with E-state index in [1.54, 1.807) is 44.2 Å². The Morgan fingerprint density at radius 1 is 0.655 bits per heavy atom. The Bertz CT molecular complexity index is 1000. The summed E-state index contributed by atoms with van der Waals surface area (Å²) in [6, 6.07) is 28.0. The van der Waals surface area contributed by atoms with Crippen LogP contribution in [0.15, 0.2) is 95.9 Å². The van der Waals surface area contributed by atoms with E-state index in [0.29, 0.717) is 0 Å². The summed E-state index contributed by atoms with van der Waals surface area (Å²) in [5.74, 6) is 0. The monoisotopic (exact) mass is 408 g/mol. The largest absolute Gasteiger partial charge is 0.340 e. The van der Waals surface area contributed by atoms with Crippen LogP contribution < -0.4 is 0 Å². The van der Waals surface area contributed by atoms with Gasteiger partial charge in [-0.25, -0.2) is 8.42 Å². The van der Waals surface area contributed by atoms with Crippen molar-refractivity contribution in [2.45, 2.75) is 42.0 Å². The number of hydrogen-bond acceptors (Lipinski definition) is 4. The molecule has 4 rings (SSSR count). The molecule has 1 fully saturated rings. The van der Waals surface area contributed by atoms with Crippen molar-refractivity contribution in [3.05, 3.63) is 102 Å². The highest BCUT2D eigenvalue weighted by Crippen LogP contribution is 2.47. The van der Waals surface area contributed by atoms with E-state index in [1.807, 2.05) is 60.7 Å². The first-order chi connectivity index (χ1) is 13.9. The van der Waals surface area contributed by atoms with Crippen LogP contribution >= 0.6 is 0 Å². The van der Waals surface area contributed by atoms with Crippen LogP contribution in [0.3, 0.4) is 0 Å².